The van der Waals surface area contributed by atoms with Crippen molar-refractivity contribution in [1.82, 2.24) is 9.80 Å². The Hall–Kier alpha value is -1.88. The first-order valence-electron chi connectivity index (χ1n) is 8.41. The molecule has 0 saturated carbocycles. The molecule has 2 aliphatic rings. The minimum atomic E-state index is -0.324. The van der Waals surface area contributed by atoms with Crippen molar-refractivity contribution in [3.63, 3.8) is 0 Å². The first kappa shape index (κ1) is 16.0. The van der Waals surface area contributed by atoms with Gasteiger partial charge in [-0.15, -0.1) is 0 Å². The number of amides is 2. The zero-order valence-corrected chi connectivity index (χ0v) is 13.6. The SMILES string of the molecule is C[C@@H](CCC(=O)N1C[C@H]2C[C@@H]1CN2Cc1ccccc1)C(N)=O. The molecule has 1 aromatic carbocycles. The van der Waals surface area contributed by atoms with Crippen molar-refractivity contribution in [1.29, 1.82) is 0 Å². The molecule has 124 valence electrons. The molecule has 2 fully saturated rings. The van der Waals surface area contributed by atoms with E-state index in [1.807, 2.05) is 11.0 Å². The molecule has 2 amide bonds. The number of fused-ring (bicyclic) bond motifs is 2. The molecule has 2 saturated heterocycles. The molecule has 5 nitrogen and oxygen atoms in total. The smallest absolute Gasteiger partial charge is 0.222 e. The number of rotatable bonds is 6. The Balaban J connectivity index is 1.50. The Morgan fingerprint density at radius 3 is 2.57 bits per heavy atom. The van der Waals surface area contributed by atoms with Crippen LogP contribution < -0.4 is 5.73 Å². The normalized spacial score (nSPS) is 24.8. The number of carbonyl (C=O) groups excluding carboxylic acids is 2. The maximum Gasteiger partial charge on any atom is 0.222 e. The standard InChI is InChI=1S/C18H25N3O2/c1-13(18(19)23)7-8-17(22)21-12-15-9-16(21)11-20(15)10-14-5-3-2-4-6-14/h2-6,13,15-16H,7-12H2,1H3,(H2,19,23)/t13-,15+,16+/m0/s1. The maximum absolute atomic E-state index is 12.4. The van der Waals surface area contributed by atoms with Crippen molar-refractivity contribution < 1.29 is 9.59 Å². The molecule has 2 heterocycles. The molecule has 0 radical (unpaired) electrons. The van der Waals surface area contributed by atoms with Gasteiger partial charge in [0.05, 0.1) is 0 Å². The number of nitrogens with two attached hydrogens (primary N) is 1. The van der Waals surface area contributed by atoms with Gasteiger partial charge < -0.3 is 10.6 Å². The molecule has 3 atom stereocenters. The lowest BCUT2D eigenvalue weighted by molar-refractivity contribution is -0.134. The second-order valence-electron chi connectivity index (χ2n) is 6.85. The molecule has 2 N–H and O–H groups in total. The number of hydrogen-bond donors (Lipinski definition) is 1. The van der Waals surface area contributed by atoms with E-state index in [9.17, 15) is 9.59 Å². The van der Waals surface area contributed by atoms with Gasteiger partial charge >= 0.3 is 0 Å². The molecular weight excluding hydrogens is 290 g/mol. The number of hydrogen-bond acceptors (Lipinski definition) is 3. The van der Waals surface area contributed by atoms with Crippen LogP contribution in [0, 0.1) is 5.92 Å². The van der Waals surface area contributed by atoms with Gasteiger partial charge in [0.15, 0.2) is 0 Å². The second kappa shape index (κ2) is 6.71. The van der Waals surface area contributed by atoms with Crippen LogP contribution in [-0.4, -0.2) is 46.8 Å². The molecule has 5 heteroatoms. The number of benzene rings is 1. The maximum atomic E-state index is 12.4. The van der Waals surface area contributed by atoms with E-state index in [1.54, 1.807) is 6.92 Å². The van der Waals surface area contributed by atoms with Crippen LogP contribution in [-0.2, 0) is 16.1 Å². The lowest BCUT2D eigenvalue weighted by Gasteiger charge is -2.34. The van der Waals surface area contributed by atoms with Gasteiger partial charge in [0.2, 0.25) is 11.8 Å². The van der Waals surface area contributed by atoms with Gasteiger partial charge in [-0.1, -0.05) is 37.3 Å². The van der Waals surface area contributed by atoms with Gasteiger partial charge in [0, 0.05) is 44.1 Å². The van der Waals surface area contributed by atoms with Crippen LogP contribution >= 0.6 is 0 Å². The van der Waals surface area contributed by atoms with E-state index in [2.05, 4.69) is 29.2 Å². The van der Waals surface area contributed by atoms with Crippen LogP contribution in [0.5, 0.6) is 0 Å². The van der Waals surface area contributed by atoms with Gasteiger partial charge in [0.25, 0.3) is 0 Å². The Morgan fingerprint density at radius 1 is 1.22 bits per heavy atom. The summed E-state index contributed by atoms with van der Waals surface area (Å²) in [6.45, 7) is 4.52. The van der Waals surface area contributed by atoms with Crippen LogP contribution in [0.15, 0.2) is 30.3 Å². The Kier molecular flexibility index (Phi) is 4.66. The molecular formula is C18H25N3O2. The summed E-state index contributed by atoms with van der Waals surface area (Å²) in [6.07, 6.45) is 2.05. The zero-order chi connectivity index (χ0) is 16.4. The zero-order valence-electron chi connectivity index (χ0n) is 13.6. The van der Waals surface area contributed by atoms with Crippen molar-refractivity contribution in [2.45, 2.75) is 44.8 Å². The number of carbonyl (C=O) groups is 2. The molecule has 2 bridgehead atoms. The molecule has 1 aromatic rings. The largest absolute Gasteiger partial charge is 0.369 e. The van der Waals surface area contributed by atoms with E-state index in [0.29, 0.717) is 24.9 Å². The fourth-order valence-corrected chi connectivity index (χ4v) is 3.69. The van der Waals surface area contributed by atoms with Gasteiger partial charge in [0.1, 0.15) is 0 Å². The number of likely N-dealkylation sites (tertiary alicyclic amines) is 2. The van der Waals surface area contributed by atoms with Crippen molar-refractivity contribution in [3.05, 3.63) is 35.9 Å². The van der Waals surface area contributed by atoms with E-state index >= 15 is 0 Å². The summed E-state index contributed by atoms with van der Waals surface area (Å²) in [7, 11) is 0. The fourth-order valence-electron chi connectivity index (χ4n) is 3.69. The molecule has 0 unspecified atom stereocenters. The van der Waals surface area contributed by atoms with Crippen molar-refractivity contribution in [2.75, 3.05) is 13.1 Å². The summed E-state index contributed by atoms with van der Waals surface area (Å²) < 4.78 is 0. The van der Waals surface area contributed by atoms with Crippen molar-refractivity contribution in [2.24, 2.45) is 11.7 Å². The van der Waals surface area contributed by atoms with Crippen LogP contribution in [0.25, 0.3) is 0 Å². The Labute approximate surface area is 137 Å². The van der Waals surface area contributed by atoms with Gasteiger partial charge in [-0.3, -0.25) is 14.5 Å². The minimum Gasteiger partial charge on any atom is -0.369 e. The molecule has 0 aromatic heterocycles. The number of nitrogens with zero attached hydrogens (tertiary/aromatic N) is 2. The predicted molar refractivity (Wildman–Crippen MR) is 88.4 cm³/mol. The van der Waals surface area contributed by atoms with Gasteiger partial charge in [-0.05, 0) is 18.4 Å². The van der Waals surface area contributed by atoms with E-state index in [1.165, 1.54) is 5.56 Å². The number of piperazine rings is 1. The molecule has 0 spiro atoms. The van der Waals surface area contributed by atoms with E-state index < -0.39 is 0 Å². The molecule has 23 heavy (non-hydrogen) atoms. The third-order valence-electron chi connectivity index (χ3n) is 5.18. The summed E-state index contributed by atoms with van der Waals surface area (Å²) in [4.78, 5) is 27.9. The molecule has 2 aliphatic heterocycles. The van der Waals surface area contributed by atoms with Gasteiger partial charge in [-0.25, -0.2) is 0 Å². The van der Waals surface area contributed by atoms with Gasteiger partial charge in [-0.2, -0.15) is 0 Å². The number of primary amides is 1. The molecule has 0 aliphatic carbocycles. The summed E-state index contributed by atoms with van der Waals surface area (Å²) in [6, 6.07) is 11.3. The average Bonchev–Trinajstić information content (AvgIpc) is 3.13. The monoisotopic (exact) mass is 315 g/mol. The Morgan fingerprint density at radius 2 is 1.96 bits per heavy atom. The second-order valence-corrected chi connectivity index (χ2v) is 6.85. The first-order valence-corrected chi connectivity index (χ1v) is 8.41. The van der Waals surface area contributed by atoms with E-state index in [0.717, 1.165) is 26.1 Å². The van der Waals surface area contributed by atoms with Crippen molar-refractivity contribution >= 4 is 11.8 Å². The van der Waals surface area contributed by atoms with Crippen LogP contribution in [0.4, 0.5) is 0 Å². The lowest BCUT2D eigenvalue weighted by atomic mass is 10.0. The lowest BCUT2D eigenvalue weighted by Crippen LogP contribution is -2.48. The topological polar surface area (TPSA) is 66.6 Å². The summed E-state index contributed by atoms with van der Waals surface area (Å²) >= 11 is 0. The first-order chi connectivity index (χ1) is 11.0. The van der Waals surface area contributed by atoms with Crippen LogP contribution in [0.3, 0.4) is 0 Å². The third kappa shape index (κ3) is 3.55. The van der Waals surface area contributed by atoms with E-state index in [4.69, 9.17) is 5.73 Å². The minimum absolute atomic E-state index is 0.171. The average molecular weight is 315 g/mol. The van der Waals surface area contributed by atoms with Crippen molar-refractivity contribution in [3.8, 4) is 0 Å². The highest BCUT2D eigenvalue weighted by atomic mass is 16.2. The summed E-state index contributed by atoms with van der Waals surface area (Å²) in [5.74, 6) is -0.381. The molecule has 3 rings (SSSR count). The van der Waals surface area contributed by atoms with E-state index in [-0.39, 0.29) is 17.7 Å². The van der Waals surface area contributed by atoms with Crippen LogP contribution in [0.2, 0.25) is 0 Å². The summed E-state index contributed by atoms with van der Waals surface area (Å²) in [5, 5.41) is 0. The third-order valence-corrected chi connectivity index (χ3v) is 5.18. The predicted octanol–water partition coefficient (Wildman–Crippen LogP) is 1.37. The highest BCUT2D eigenvalue weighted by Crippen LogP contribution is 2.32. The summed E-state index contributed by atoms with van der Waals surface area (Å²) in [5.41, 5.74) is 6.58. The Bertz CT molecular complexity index is 575. The quantitative estimate of drug-likeness (QED) is 0.862. The highest BCUT2D eigenvalue weighted by molar-refractivity contribution is 5.79. The highest BCUT2D eigenvalue weighted by Gasteiger charge is 2.44. The fraction of sp³-hybridized carbons (Fsp3) is 0.556. The van der Waals surface area contributed by atoms with Crippen LogP contribution in [0.1, 0.15) is 31.7 Å².